The van der Waals surface area contributed by atoms with Crippen LogP contribution in [0.25, 0.3) is 0 Å². The lowest BCUT2D eigenvalue weighted by atomic mass is 10.1. The van der Waals surface area contributed by atoms with E-state index in [0.717, 1.165) is 12.8 Å². The van der Waals surface area contributed by atoms with Crippen LogP contribution in [0.5, 0.6) is 0 Å². The molecule has 0 heterocycles. The Labute approximate surface area is 84.0 Å². The molecule has 0 bridgehead atoms. The van der Waals surface area contributed by atoms with E-state index in [1.54, 1.807) is 0 Å². The number of rotatable bonds is 6. The van der Waals surface area contributed by atoms with Gasteiger partial charge in [0.05, 0.1) is 7.11 Å². The van der Waals surface area contributed by atoms with Gasteiger partial charge in [-0.2, -0.15) is 0 Å². The average molecular weight is 202 g/mol. The Balaban J connectivity index is 3.36. The minimum Gasteiger partial charge on any atom is -0.468 e. The van der Waals surface area contributed by atoms with Gasteiger partial charge in [-0.1, -0.05) is 0 Å². The van der Waals surface area contributed by atoms with E-state index < -0.39 is 6.04 Å². The lowest BCUT2D eigenvalue weighted by Crippen LogP contribution is -2.31. The number of amides is 1. The highest BCUT2D eigenvalue weighted by Gasteiger charge is 2.12. The molecular formula is C9H18N2O3. The SMILES string of the molecule is COC(=O)C(N)CCCCNC(C)=O. The van der Waals surface area contributed by atoms with E-state index in [1.165, 1.54) is 14.0 Å². The van der Waals surface area contributed by atoms with Crippen molar-refractivity contribution in [1.82, 2.24) is 5.32 Å². The molecule has 0 aliphatic rings. The van der Waals surface area contributed by atoms with Crippen molar-refractivity contribution in [3.63, 3.8) is 0 Å². The van der Waals surface area contributed by atoms with E-state index in [9.17, 15) is 9.59 Å². The van der Waals surface area contributed by atoms with Crippen molar-refractivity contribution in [2.75, 3.05) is 13.7 Å². The van der Waals surface area contributed by atoms with Crippen molar-refractivity contribution in [3.8, 4) is 0 Å². The maximum atomic E-state index is 10.9. The van der Waals surface area contributed by atoms with Gasteiger partial charge in [0.2, 0.25) is 5.91 Å². The first-order chi connectivity index (χ1) is 6.57. The number of unbranched alkanes of at least 4 members (excludes halogenated alkanes) is 1. The summed E-state index contributed by atoms with van der Waals surface area (Å²) in [5, 5.41) is 2.67. The smallest absolute Gasteiger partial charge is 0.322 e. The van der Waals surface area contributed by atoms with Gasteiger partial charge in [-0.3, -0.25) is 9.59 Å². The molecule has 0 aliphatic heterocycles. The maximum Gasteiger partial charge on any atom is 0.322 e. The summed E-state index contributed by atoms with van der Waals surface area (Å²) >= 11 is 0. The Morgan fingerprint density at radius 3 is 2.57 bits per heavy atom. The molecule has 82 valence electrons. The summed E-state index contributed by atoms with van der Waals surface area (Å²) in [5.41, 5.74) is 5.51. The Hall–Kier alpha value is -1.10. The molecule has 0 saturated heterocycles. The van der Waals surface area contributed by atoms with Crippen molar-refractivity contribution in [2.45, 2.75) is 32.2 Å². The highest BCUT2D eigenvalue weighted by Crippen LogP contribution is 1.99. The van der Waals surface area contributed by atoms with Gasteiger partial charge in [-0.05, 0) is 19.3 Å². The van der Waals surface area contributed by atoms with Crippen LogP contribution in [-0.2, 0) is 14.3 Å². The van der Waals surface area contributed by atoms with Gasteiger partial charge in [-0.15, -0.1) is 0 Å². The van der Waals surface area contributed by atoms with Crippen LogP contribution in [0.3, 0.4) is 0 Å². The van der Waals surface area contributed by atoms with E-state index in [0.29, 0.717) is 13.0 Å². The second kappa shape index (κ2) is 7.32. The normalized spacial score (nSPS) is 11.9. The highest BCUT2D eigenvalue weighted by molar-refractivity contribution is 5.75. The minimum atomic E-state index is -0.544. The largest absolute Gasteiger partial charge is 0.468 e. The molecule has 1 amide bonds. The molecule has 5 heteroatoms. The van der Waals surface area contributed by atoms with Crippen LogP contribution in [0.2, 0.25) is 0 Å². The molecule has 0 fully saturated rings. The zero-order chi connectivity index (χ0) is 11.0. The molecule has 3 N–H and O–H groups in total. The molecule has 0 aromatic rings. The lowest BCUT2D eigenvalue weighted by molar-refractivity contribution is -0.142. The lowest BCUT2D eigenvalue weighted by Gasteiger charge is -2.08. The molecular weight excluding hydrogens is 184 g/mol. The number of nitrogens with two attached hydrogens (primary N) is 1. The second-order valence-corrected chi connectivity index (χ2v) is 3.11. The van der Waals surface area contributed by atoms with Crippen molar-refractivity contribution in [3.05, 3.63) is 0 Å². The summed E-state index contributed by atoms with van der Waals surface area (Å²) in [6.07, 6.45) is 2.22. The zero-order valence-corrected chi connectivity index (χ0v) is 8.71. The first-order valence-corrected chi connectivity index (χ1v) is 4.65. The molecule has 0 saturated carbocycles. The summed E-state index contributed by atoms with van der Waals surface area (Å²) in [6.45, 7) is 2.10. The van der Waals surface area contributed by atoms with Gasteiger partial charge in [0.25, 0.3) is 0 Å². The van der Waals surface area contributed by atoms with Crippen LogP contribution < -0.4 is 11.1 Å². The first kappa shape index (κ1) is 12.9. The minimum absolute atomic E-state index is 0.0396. The van der Waals surface area contributed by atoms with Crippen LogP contribution >= 0.6 is 0 Å². The third-order valence-corrected chi connectivity index (χ3v) is 1.82. The third kappa shape index (κ3) is 6.42. The number of hydrogen-bond acceptors (Lipinski definition) is 4. The van der Waals surface area contributed by atoms with E-state index in [4.69, 9.17) is 5.73 Å². The molecule has 14 heavy (non-hydrogen) atoms. The van der Waals surface area contributed by atoms with Crippen molar-refractivity contribution in [2.24, 2.45) is 5.73 Å². The van der Waals surface area contributed by atoms with Crippen LogP contribution in [0.1, 0.15) is 26.2 Å². The molecule has 0 spiro atoms. The van der Waals surface area contributed by atoms with Gasteiger partial charge >= 0.3 is 5.97 Å². The van der Waals surface area contributed by atoms with Gasteiger partial charge in [-0.25, -0.2) is 0 Å². The van der Waals surface area contributed by atoms with Crippen molar-refractivity contribution in [1.29, 1.82) is 0 Å². The van der Waals surface area contributed by atoms with Crippen molar-refractivity contribution < 1.29 is 14.3 Å². The number of hydrogen-bond donors (Lipinski definition) is 2. The molecule has 1 atom stereocenters. The highest BCUT2D eigenvalue weighted by atomic mass is 16.5. The number of carbonyl (C=O) groups is 2. The number of carbonyl (C=O) groups excluding carboxylic acids is 2. The fraction of sp³-hybridized carbons (Fsp3) is 0.778. The average Bonchev–Trinajstić information content (AvgIpc) is 2.15. The zero-order valence-electron chi connectivity index (χ0n) is 8.71. The van der Waals surface area contributed by atoms with Gasteiger partial charge in [0.1, 0.15) is 6.04 Å². The Kier molecular flexibility index (Phi) is 6.74. The standard InChI is InChI=1S/C9H18N2O3/c1-7(12)11-6-4-3-5-8(10)9(13)14-2/h8H,3-6,10H2,1-2H3,(H,11,12). The van der Waals surface area contributed by atoms with E-state index in [-0.39, 0.29) is 11.9 Å². The quantitative estimate of drug-likeness (QED) is 0.461. The number of esters is 1. The fourth-order valence-corrected chi connectivity index (χ4v) is 1.02. The monoisotopic (exact) mass is 202 g/mol. The summed E-state index contributed by atoms with van der Waals surface area (Å²) in [4.78, 5) is 21.4. The van der Waals surface area contributed by atoms with E-state index in [2.05, 4.69) is 10.1 Å². The number of methoxy groups -OCH3 is 1. The Bertz CT molecular complexity index is 194. The number of nitrogens with one attached hydrogen (secondary N) is 1. The summed E-state index contributed by atoms with van der Waals surface area (Å²) in [5.74, 6) is -0.424. The summed E-state index contributed by atoms with van der Waals surface area (Å²) in [6, 6.07) is -0.544. The molecule has 5 nitrogen and oxygen atoms in total. The van der Waals surface area contributed by atoms with Crippen LogP contribution in [-0.4, -0.2) is 31.6 Å². The molecule has 0 aromatic heterocycles. The second-order valence-electron chi connectivity index (χ2n) is 3.11. The van der Waals surface area contributed by atoms with Crippen LogP contribution in [0.4, 0.5) is 0 Å². The van der Waals surface area contributed by atoms with Gasteiger partial charge in [0.15, 0.2) is 0 Å². The maximum absolute atomic E-state index is 10.9. The molecule has 0 rings (SSSR count). The van der Waals surface area contributed by atoms with E-state index in [1.807, 2.05) is 0 Å². The Morgan fingerprint density at radius 2 is 2.07 bits per heavy atom. The topological polar surface area (TPSA) is 81.4 Å². The Morgan fingerprint density at radius 1 is 1.43 bits per heavy atom. The predicted molar refractivity (Wildman–Crippen MR) is 52.5 cm³/mol. The van der Waals surface area contributed by atoms with Gasteiger partial charge in [0, 0.05) is 13.5 Å². The third-order valence-electron chi connectivity index (χ3n) is 1.82. The molecule has 0 aliphatic carbocycles. The van der Waals surface area contributed by atoms with Crippen LogP contribution in [0, 0.1) is 0 Å². The fourth-order valence-electron chi connectivity index (χ4n) is 1.02. The molecule has 0 radical (unpaired) electrons. The predicted octanol–water partition coefficient (Wildman–Crippen LogP) is -0.207. The first-order valence-electron chi connectivity index (χ1n) is 4.65. The van der Waals surface area contributed by atoms with Crippen LogP contribution in [0.15, 0.2) is 0 Å². The summed E-state index contributed by atoms with van der Waals surface area (Å²) < 4.78 is 4.47. The van der Waals surface area contributed by atoms with Gasteiger partial charge < -0.3 is 15.8 Å². The van der Waals surface area contributed by atoms with Crippen molar-refractivity contribution >= 4 is 11.9 Å². The number of ether oxygens (including phenoxy) is 1. The van der Waals surface area contributed by atoms with E-state index >= 15 is 0 Å². The molecule has 1 unspecified atom stereocenters. The summed E-state index contributed by atoms with van der Waals surface area (Å²) in [7, 11) is 1.32. The molecule has 0 aromatic carbocycles.